The summed E-state index contributed by atoms with van der Waals surface area (Å²) in [6, 6.07) is 17.6. The van der Waals surface area contributed by atoms with Crippen LogP contribution < -0.4 is 15.1 Å². The van der Waals surface area contributed by atoms with Crippen molar-refractivity contribution in [1.29, 1.82) is 0 Å². The van der Waals surface area contributed by atoms with Gasteiger partial charge in [-0.2, -0.15) is 0 Å². The van der Waals surface area contributed by atoms with E-state index < -0.39 is 6.04 Å². The van der Waals surface area contributed by atoms with E-state index in [-0.39, 0.29) is 17.1 Å². The summed E-state index contributed by atoms with van der Waals surface area (Å²) in [6.07, 6.45) is 4.98. The van der Waals surface area contributed by atoms with Crippen LogP contribution in [0.3, 0.4) is 0 Å². The Hall–Kier alpha value is -3.93. The zero-order valence-corrected chi connectivity index (χ0v) is 19.3. The molecule has 1 aliphatic heterocycles. The van der Waals surface area contributed by atoms with Crippen molar-refractivity contribution in [3.05, 3.63) is 99.5 Å². The predicted molar refractivity (Wildman–Crippen MR) is 132 cm³/mol. The number of aryl methyl sites for hydroxylation is 1. The van der Waals surface area contributed by atoms with E-state index in [1.807, 2.05) is 37.3 Å². The first-order chi connectivity index (χ1) is 16.6. The van der Waals surface area contributed by atoms with Crippen molar-refractivity contribution < 1.29 is 13.9 Å². The molecule has 2 aromatic heterocycles. The molecular formula is C28H26N2O4. The Morgan fingerprint density at radius 3 is 2.53 bits per heavy atom. The minimum Gasteiger partial charge on any atom is -0.494 e. The second kappa shape index (κ2) is 9.14. The highest BCUT2D eigenvalue weighted by Crippen LogP contribution is 2.40. The minimum absolute atomic E-state index is 0.0657. The van der Waals surface area contributed by atoms with E-state index in [0.717, 1.165) is 36.1 Å². The van der Waals surface area contributed by atoms with E-state index in [9.17, 15) is 9.59 Å². The third-order valence-electron chi connectivity index (χ3n) is 6.13. The quantitative estimate of drug-likeness (QED) is 0.329. The standard InChI is InChI=1S/C28H26N2O4/c1-3-4-7-16-33-20-13-11-19(12-14-20)25-24-26(31)21-8-5-6-9-22(21)34-27(24)28(32)30(25)23-15-10-18(2)17-29-23/h5-6,8-15,17,25H,3-4,7,16H2,1-2H3/t25-/m0/s1. The highest BCUT2D eigenvalue weighted by atomic mass is 16.5. The van der Waals surface area contributed by atoms with E-state index in [1.54, 1.807) is 41.4 Å². The highest BCUT2D eigenvalue weighted by molar-refractivity contribution is 6.10. The van der Waals surface area contributed by atoms with Gasteiger partial charge in [-0.05, 0) is 54.8 Å². The van der Waals surface area contributed by atoms with Crippen molar-refractivity contribution in [2.75, 3.05) is 11.5 Å². The van der Waals surface area contributed by atoms with Gasteiger partial charge in [-0.1, -0.05) is 50.1 Å². The SMILES string of the molecule is CCCCCOc1ccc([C@H]2c3c(oc4ccccc4c3=O)C(=O)N2c2ccc(C)cn2)cc1. The number of amides is 1. The van der Waals surface area contributed by atoms with Gasteiger partial charge in [0.25, 0.3) is 5.91 Å². The summed E-state index contributed by atoms with van der Waals surface area (Å²) in [5.41, 5.74) is 2.30. The third-order valence-corrected chi connectivity index (χ3v) is 6.13. The molecule has 1 amide bonds. The fourth-order valence-corrected chi connectivity index (χ4v) is 4.36. The molecular weight excluding hydrogens is 428 g/mol. The molecule has 6 heteroatoms. The smallest absolute Gasteiger partial charge is 0.296 e. The first kappa shape index (κ1) is 21.9. The molecule has 3 heterocycles. The maximum absolute atomic E-state index is 13.6. The van der Waals surface area contributed by atoms with E-state index >= 15 is 0 Å². The van der Waals surface area contributed by atoms with Crippen LogP contribution in [-0.2, 0) is 0 Å². The monoisotopic (exact) mass is 454 g/mol. The van der Waals surface area contributed by atoms with Gasteiger partial charge in [-0.15, -0.1) is 0 Å². The van der Waals surface area contributed by atoms with Crippen LogP contribution in [0.2, 0.25) is 0 Å². The van der Waals surface area contributed by atoms with Crippen LogP contribution in [0.1, 0.15) is 59.5 Å². The van der Waals surface area contributed by atoms with Crippen molar-refractivity contribution >= 4 is 22.7 Å². The van der Waals surface area contributed by atoms with E-state index in [1.165, 1.54) is 0 Å². The molecule has 0 saturated carbocycles. The third kappa shape index (κ3) is 3.85. The van der Waals surface area contributed by atoms with Crippen LogP contribution in [0.5, 0.6) is 5.75 Å². The van der Waals surface area contributed by atoms with E-state index in [2.05, 4.69) is 11.9 Å². The topological polar surface area (TPSA) is 72.6 Å². The van der Waals surface area contributed by atoms with E-state index in [0.29, 0.717) is 29.0 Å². The number of benzene rings is 2. The van der Waals surface area contributed by atoms with Gasteiger partial charge < -0.3 is 9.15 Å². The Balaban J connectivity index is 1.61. The number of carbonyl (C=O) groups is 1. The van der Waals surface area contributed by atoms with E-state index in [4.69, 9.17) is 9.15 Å². The number of aromatic nitrogens is 1. The molecule has 0 fully saturated rings. The lowest BCUT2D eigenvalue weighted by molar-refractivity contribution is 0.0970. The number of rotatable bonds is 7. The molecule has 2 aromatic carbocycles. The number of fused-ring (bicyclic) bond motifs is 2. The molecule has 0 spiro atoms. The highest BCUT2D eigenvalue weighted by Gasteiger charge is 2.44. The maximum atomic E-state index is 13.6. The van der Waals surface area contributed by atoms with Gasteiger partial charge in [0.1, 0.15) is 17.2 Å². The normalized spacial score (nSPS) is 15.1. The molecule has 0 unspecified atom stereocenters. The number of unbranched alkanes of at least 4 members (excludes halogenated alkanes) is 2. The number of ether oxygens (including phenoxy) is 1. The Labute approximate surface area is 197 Å². The molecule has 0 aliphatic carbocycles. The molecule has 172 valence electrons. The van der Waals surface area contributed by atoms with Crippen molar-refractivity contribution in [3.63, 3.8) is 0 Å². The van der Waals surface area contributed by atoms with Crippen LogP contribution in [0.25, 0.3) is 11.0 Å². The van der Waals surface area contributed by atoms with Crippen LogP contribution in [0.15, 0.2) is 76.1 Å². The van der Waals surface area contributed by atoms with Gasteiger partial charge in [0.2, 0.25) is 5.76 Å². The van der Waals surface area contributed by atoms with Gasteiger partial charge >= 0.3 is 0 Å². The number of hydrogen-bond acceptors (Lipinski definition) is 5. The molecule has 0 N–H and O–H groups in total. The van der Waals surface area contributed by atoms with Crippen LogP contribution in [0, 0.1) is 6.92 Å². The van der Waals surface area contributed by atoms with Crippen LogP contribution in [0.4, 0.5) is 5.82 Å². The molecule has 34 heavy (non-hydrogen) atoms. The van der Waals surface area contributed by atoms with Gasteiger partial charge in [0.05, 0.1) is 23.6 Å². The minimum atomic E-state index is -0.646. The second-order valence-corrected chi connectivity index (χ2v) is 8.57. The summed E-state index contributed by atoms with van der Waals surface area (Å²) < 4.78 is 11.8. The Kier molecular flexibility index (Phi) is 5.88. The maximum Gasteiger partial charge on any atom is 0.296 e. The second-order valence-electron chi connectivity index (χ2n) is 8.57. The number of pyridine rings is 1. The molecule has 0 radical (unpaired) electrons. The number of para-hydroxylation sites is 1. The summed E-state index contributed by atoms with van der Waals surface area (Å²) in [6.45, 7) is 4.75. The average molecular weight is 455 g/mol. The summed E-state index contributed by atoms with van der Waals surface area (Å²) in [7, 11) is 0. The first-order valence-corrected chi connectivity index (χ1v) is 11.6. The average Bonchev–Trinajstić information content (AvgIpc) is 3.15. The summed E-state index contributed by atoms with van der Waals surface area (Å²) in [4.78, 5) is 33.2. The van der Waals surface area contributed by atoms with Crippen molar-refractivity contribution in [2.45, 2.75) is 39.2 Å². The summed E-state index contributed by atoms with van der Waals surface area (Å²) >= 11 is 0. The lowest BCUT2D eigenvalue weighted by Gasteiger charge is -2.24. The van der Waals surface area contributed by atoms with Gasteiger partial charge in [-0.25, -0.2) is 4.98 Å². The zero-order chi connectivity index (χ0) is 23.7. The summed E-state index contributed by atoms with van der Waals surface area (Å²) in [5.74, 6) is 0.917. The predicted octanol–water partition coefficient (Wildman–Crippen LogP) is 5.82. The number of hydrogen-bond donors (Lipinski definition) is 0. The summed E-state index contributed by atoms with van der Waals surface area (Å²) in [5, 5.41) is 0.452. The largest absolute Gasteiger partial charge is 0.494 e. The zero-order valence-electron chi connectivity index (χ0n) is 19.3. The van der Waals surface area contributed by atoms with Crippen molar-refractivity contribution in [3.8, 4) is 5.75 Å². The van der Waals surface area contributed by atoms with Gasteiger partial charge in [-0.3, -0.25) is 14.5 Å². The molecule has 4 aromatic rings. The molecule has 0 saturated heterocycles. The van der Waals surface area contributed by atoms with Crippen LogP contribution >= 0.6 is 0 Å². The fourth-order valence-electron chi connectivity index (χ4n) is 4.36. The number of nitrogens with zero attached hydrogens (tertiary/aromatic N) is 2. The van der Waals surface area contributed by atoms with Crippen LogP contribution in [-0.4, -0.2) is 17.5 Å². The van der Waals surface area contributed by atoms with Crippen molar-refractivity contribution in [2.24, 2.45) is 0 Å². The van der Waals surface area contributed by atoms with Gasteiger partial charge in [0, 0.05) is 6.20 Å². The molecule has 5 rings (SSSR count). The van der Waals surface area contributed by atoms with Gasteiger partial charge in [0.15, 0.2) is 5.43 Å². The lowest BCUT2D eigenvalue weighted by atomic mass is 9.98. The Bertz CT molecular complexity index is 1390. The molecule has 1 aliphatic rings. The fraction of sp³-hybridized carbons (Fsp3) is 0.250. The first-order valence-electron chi connectivity index (χ1n) is 11.6. The Morgan fingerprint density at radius 1 is 1.00 bits per heavy atom. The number of anilines is 1. The molecule has 1 atom stereocenters. The molecule has 0 bridgehead atoms. The lowest BCUT2D eigenvalue weighted by Crippen LogP contribution is -2.30. The Morgan fingerprint density at radius 2 is 1.79 bits per heavy atom. The van der Waals surface area contributed by atoms with Crippen molar-refractivity contribution in [1.82, 2.24) is 4.98 Å². The molecule has 6 nitrogen and oxygen atoms in total. The number of carbonyl (C=O) groups excluding carboxylic acids is 1.